The molecule has 1 aromatic carbocycles. The number of hydrogen-bond acceptors (Lipinski definition) is 4. The van der Waals surface area contributed by atoms with E-state index >= 15 is 0 Å². The van der Waals surface area contributed by atoms with E-state index in [0.29, 0.717) is 25.7 Å². The van der Waals surface area contributed by atoms with Gasteiger partial charge in [0.05, 0.1) is 7.11 Å². The quantitative estimate of drug-likeness (QED) is 0.684. The van der Waals surface area contributed by atoms with Crippen molar-refractivity contribution in [2.45, 2.75) is 57.0 Å². The van der Waals surface area contributed by atoms with E-state index in [1.165, 1.54) is 0 Å². The first-order valence-corrected chi connectivity index (χ1v) is 10.1. The summed E-state index contributed by atoms with van der Waals surface area (Å²) in [6.07, 6.45) is 7.22. The SMILES string of the molecule is COc1cccc(C[C@@]2(CCC(=O)N[C@@H](C)Cc3cccnc3)CCC(=O)N2)c1. The molecule has 2 N–H and O–H groups in total. The van der Waals surface area contributed by atoms with E-state index in [1.807, 2.05) is 49.5 Å². The van der Waals surface area contributed by atoms with E-state index in [-0.39, 0.29) is 23.4 Å². The third kappa shape index (κ3) is 6.04. The Morgan fingerprint density at radius 3 is 2.83 bits per heavy atom. The number of pyridine rings is 1. The van der Waals surface area contributed by atoms with Crippen molar-refractivity contribution in [3.05, 3.63) is 59.9 Å². The van der Waals surface area contributed by atoms with Crippen LogP contribution in [0.5, 0.6) is 5.75 Å². The van der Waals surface area contributed by atoms with Crippen molar-refractivity contribution in [3.8, 4) is 5.75 Å². The van der Waals surface area contributed by atoms with Gasteiger partial charge in [0.2, 0.25) is 11.8 Å². The molecule has 29 heavy (non-hydrogen) atoms. The third-order valence-electron chi connectivity index (χ3n) is 5.41. The lowest BCUT2D eigenvalue weighted by Crippen LogP contribution is -2.45. The summed E-state index contributed by atoms with van der Waals surface area (Å²) in [5, 5.41) is 6.20. The van der Waals surface area contributed by atoms with Crippen LogP contribution in [0, 0.1) is 0 Å². The van der Waals surface area contributed by atoms with Gasteiger partial charge in [0, 0.05) is 36.8 Å². The minimum absolute atomic E-state index is 0.00700. The molecule has 0 unspecified atom stereocenters. The summed E-state index contributed by atoms with van der Waals surface area (Å²) in [5.41, 5.74) is 1.81. The molecule has 0 aliphatic carbocycles. The summed E-state index contributed by atoms with van der Waals surface area (Å²) in [6.45, 7) is 1.99. The molecular formula is C23H29N3O3. The second kappa shape index (κ2) is 9.54. The van der Waals surface area contributed by atoms with Crippen molar-refractivity contribution >= 4 is 11.8 Å². The van der Waals surface area contributed by atoms with E-state index in [9.17, 15) is 9.59 Å². The van der Waals surface area contributed by atoms with Gasteiger partial charge in [0.1, 0.15) is 5.75 Å². The lowest BCUT2D eigenvalue weighted by atomic mass is 9.85. The highest BCUT2D eigenvalue weighted by Crippen LogP contribution is 2.30. The molecule has 1 aliphatic heterocycles. The molecule has 0 radical (unpaired) electrons. The lowest BCUT2D eigenvalue weighted by Gasteiger charge is -2.29. The van der Waals surface area contributed by atoms with Crippen molar-refractivity contribution in [1.29, 1.82) is 0 Å². The molecule has 0 saturated carbocycles. The number of rotatable bonds is 9. The predicted octanol–water partition coefficient (Wildman–Crippen LogP) is 2.81. The van der Waals surface area contributed by atoms with Crippen LogP contribution in [0.25, 0.3) is 0 Å². The number of hydrogen-bond donors (Lipinski definition) is 2. The molecule has 2 atom stereocenters. The molecule has 1 aliphatic rings. The highest BCUT2D eigenvalue weighted by Gasteiger charge is 2.38. The maximum absolute atomic E-state index is 12.5. The molecule has 3 rings (SSSR count). The van der Waals surface area contributed by atoms with Gasteiger partial charge in [-0.25, -0.2) is 0 Å². The molecule has 0 spiro atoms. The smallest absolute Gasteiger partial charge is 0.220 e. The van der Waals surface area contributed by atoms with Crippen LogP contribution < -0.4 is 15.4 Å². The van der Waals surface area contributed by atoms with Gasteiger partial charge in [-0.15, -0.1) is 0 Å². The first-order chi connectivity index (χ1) is 14.0. The Hall–Kier alpha value is -2.89. The zero-order valence-electron chi connectivity index (χ0n) is 17.1. The molecule has 2 amide bonds. The van der Waals surface area contributed by atoms with E-state index in [2.05, 4.69) is 15.6 Å². The van der Waals surface area contributed by atoms with Crippen molar-refractivity contribution < 1.29 is 14.3 Å². The van der Waals surface area contributed by atoms with Crippen LogP contribution in [0.1, 0.15) is 43.7 Å². The van der Waals surface area contributed by atoms with Crippen LogP contribution in [0.2, 0.25) is 0 Å². The Labute approximate surface area is 172 Å². The van der Waals surface area contributed by atoms with Gasteiger partial charge in [0.15, 0.2) is 0 Å². The zero-order chi connectivity index (χ0) is 20.7. The maximum atomic E-state index is 12.5. The van der Waals surface area contributed by atoms with Gasteiger partial charge >= 0.3 is 0 Å². The van der Waals surface area contributed by atoms with Gasteiger partial charge < -0.3 is 15.4 Å². The predicted molar refractivity (Wildman–Crippen MR) is 112 cm³/mol. The van der Waals surface area contributed by atoms with E-state index < -0.39 is 0 Å². The first-order valence-electron chi connectivity index (χ1n) is 10.1. The molecular weight excluding hydrogens is 366 g/mol. The largest absolute Gasteiger partial charge is 0.497 e. The summed E-state index contributed by atoms with van der Waals surface area (Å²) in [7, 11) is 1.64. The molecule has 154 valence electrons. The monoisotopic (exact) mass is 395 g/mol. The fourth-order valence-electron chi connectivity index (χ4n) is 3.98. The summed E-state index contributed by atoms with van der Waals surface area (Å²) in [6, 6.07) is 11.8. The molecule has 1 saturated heterocycles. The molecule has 1 fully saturated rings. The average molecular weight is 396 g/mol. The summed E-state index contributed by atoms with van der Waals surface area (Å²) < 4.78 is 5.31. The minimum Gasteiger partial charge on any atom is -0.497 e. The van der Waals surface area contributed by atoms with Crippen LogP contribution in [0.15, 0.2) is 48.8 Å². The van der Waals surface area contributed by atoms with Gasteiger partial charge in [-0.2, -0.15) is 0 Å². The summed E-state index contributed by atoms with van der Waals surface area (Å²) in [4.78, 5) is 28.6. The molecule has 6 nitrogen and oxygen atoms in total. The van der Waals surface area contributed by atoms with Crippen LogP contribution in [-0.2, 0) is 22.4 Å². The normalized spacial score (nSPS) is 19.4. The molecule has 1 aromatic heterocycles. The second-order valence-electron chi connectivity index (χ2n) is 7.89. The molecule has 0 bridgehead atoms. The first kappa shape index (κ1) is 20.8. The molecule has 2 aromatic rings. The van der Waals surface area contributed by atoms with Crippen molar-refractivity contribution in [2.24, 2.45) is 0 Å². The number of ether oxygens (including phenoxy) is 1. The fraction of sp³-hybridized carbons (Fsp3) is 0.435. The van der Waals surface area contributed by atoms with Crippen LogP contribution >= 0.6 is 0 Å². The van der Waals surface area contributed by atoms with E-state index in [1.54, 1.807) is 13.3 Å². The summed E-state index contributed by atoms with van der Waals surface area (Å²) in [5.74, 6) is 0.856. The van der Waals surface area contributed by atoms with Crippen molar-refractivity contribution in [1.82, 2.24) is 15.6 Å². The number of nitrogens with zero attached hydrogens (tertiary/aromatic N) is 1. The minimum atomic E-state index is -0.382. The van der Waals surface area contributed by atoms with Crippen LogP contribution in [0.4, 0.5) is 0 Å². The Balaban J connectivity index is 1.57. The standard InChI is InChI=1S/C23H29N3O3/c1-17(13-19-6-4-12-24-16-19)25-21(27)8-10-23(11-9-22(28)26-23)15-18-5-3-7-20(14-18)29-2/h3-7,12,14,16-17H,8-11,13,15H2,1-2H3,(H,25,27)(H,26,28)/t17-,23+/m0/s1. The number of nitrogens with one attached hydrogen (secondary N) is 2. The highest BCUT2D eigenvalue weighted by molar-refractivity contribution is 5.80. The maximum Gasteiger partial charge on any atom is 0.220 e. The van der Waals surface area contributed by atoms with E-state index in [0.717, 1.165) is 29.7 Å². The Kier molecular flexibility index (Phi) is 6.86. The second-order valence-corrected chi connectivity index (χ2v) is 7.89. The number of carbonyl (C=O) groups excluding carboxylic acids is 2. The number of aromatic nitrogens is 1. The third-order valence-corrected chi connectivity index (χ3v) is 5.41. The number of carbonyl (C=O) groups is 2. The lowest BCUT2D eigenvalue weighted by molar-refractivity contribution is -0.123. The highest BCUT2D eigenvalue weighted by atomic mass is 16.5. The fourth-order valence-corrected chi connectivity index (χ4v) is 3.98. The number of amides is 2. The van der Waals surface area contributed by atoms with Gasteiger partial charge in [-0.3, -0.25) is 14.6 Å². The Morgan fingerprint density at radius 2 is 2.14 bits per heavy atom. The number of methoxy groups -OCH3 is 1. The van der Waals surface area contributed by atoms with Crippen LogP contribution in [-0.4, -0.2) is 35.5 Å². The average Bonchev–Trinajstić information content (AvgIpc) is 3.08. The zero-order valence-corrected chi connectivity index (χ0v) is 17.1. The van der Waals surface area contributed by atoms with E-state index in [4.69, 9.17) is 4.74 Å². The topological polar surface area (TPSA) is 80.3 Å². The Bertz CT molecular complexity index is 840. The van der Waals surface area contributed by atoms with Crippen molar-refractivity contribution in [2.75, 3.05) is 7.11 Å². The summed E-state index contributed by atoms with van der Waals surface area (Å²) >= 11 is 0. The number of benzene rings is 1. The van der Waals surface area contributed by atoms with Gasteiger partial charge in [-0.05, 0) is 61.9 Å². The van der Waals surface area contributed by atoms with Gasteiger partial charge in [0.25, 0.3) is 0 Å². The van der Waals surface area contributed by atoms with Crippen LogP contribution in [0.3, 0.4) is 0 Å². The molecule has 2 heterocycles. The Morgan fingerprint density at radius 1 is 1.31 bits per heavy atom. The van der Waals surface area contributed by atoms with Crippen molar-refractivity contribution in [3.63, 3.8) is 0 Å². The van der Waals surface area contributed by atoms with Gasteiger partial charge in [-0.1, -0.05) is 18.2 Å². The molecule has 6 heteroatoms.